The van der Waals surface area contributed by atoms with E-state index in [1.54, 1.807) is 12.4 Å². The summed E-state index contributed by atoms with van der Waals surface area (Å²) in [6, 6.07) is 6.29. The van der Waals surface area contributed by atoms with Crippen molar-refractivity contribution < 1.29 is 4.74 Å². The molecule has 0 spiro atoms. The van der Waals surface area contributed by atoms with Crippen LogP contribution < -0.4 is 16.0 Å². The number of benzene rings is 1. The number of anilines is 1. The van der Waals surface area contributed by atoms with Gasteiger partial charge in [0.05, 0.1) is 18.1 Å². The van der Waals surface area contributed by atoms with E-state index in [0.717, 1.165) is 17.0 Å². The first kappa shape index (κ1) is 15.3. The molecule has 0 amide bonds. The number of hydrogen-bond donors (Lipinski definition) is 2. The Labute approximate surface area is 125 Å². The van der Waals surface area contributed by atoms with Gasteiger partial charge in [0, 0.05) is 0 Å². The standard InChI is InChI=1S/C16H22N4O/c1-11-7-12(16(2,3)4)5-6-14(11)21-10-13-8-19-15(20-17)9-18-13/h5-9H,10,17H2,1-4H3,(H,19,20). The molecule has 5 nitrogen and oxygen atoms in total. The third-order valence-corrected chi connectivity index (χ3v) is 3.27. The van der Waals surface area contributed by atoms with Crippen LogP contribution in [0.1, 0.15) is 37.6 Å². The maximum atomic E-state index is 5.81. The zero-order valence-corrected chi connectivity index (χ0v) is 13.0. The Hall–Kier alpha value is -2.14. The van der Waals surface area contributed by atoms with E-state index in [2.05, 4.69) is 55.2 Å². The third-order valence-electron chi connectivity index (χ3n) is 3.27. The van der Waals surface area contributed by atoms with E-state index in [1.165, 1.54) is 5.56 Å². The minimum Gasteiger partial charge on any atom is -0.487 e. The molecule has 0 aliphatic rings. The largest absolute Gasteiger partial charge is 0.487 e. The fourth-order valence-corrected chi connectivity index (χ4v) is 1.93. The Bertz CT molecular complexity index is 603. The first-order valence-corrected chi connectivity index (χ1v) is 6.91. The highest BCUT2D eigenvalue weighted by atomic mass is 16.5. The lowest BCUT2D eigenvalue weighted by atomic mass is 9.86. The summed E-state index contributed by atoms with van der Waals surface area (Å²) in [5.41, 5.74) is 5.76. The molecule has 0 radical (unpaired) electrons. The van der Waals surface area contributed by atoms with Crippen molar-refractivity contribution >= 4 is 5.82 Å². The predicted octanol–water partition coefficient (Wildman–Crippen LogP) is 2.95. The van der Waals surface area contributed by atoms with E-state index >= 15 is 0 Å². The molecule has 0 bridgehead atoms. The average Bonchev–Trinajstić information content (AvgIpc) is 2.45. The van der Waals surface area contributed by atoms with Crippen LogP contribution >= 0.6 is 0 Å². The molecule has 0 atom stereocenters. The summed E-state index contributed by atoms with van der Waals surface area (Å²) < 4.78 is 5.81. The summed E-state index contributed by atoms with van der Waals surface area (Å²) in [5.74, 6) is 6.65. The number of hydrazine groups is 1. The lowest BCUT2D eigenvalue weighted by Crippen LogP contribution is -2.11. The van der Waals surface area contributed by atoms with Crippen molar-refractivity contribution in [1.82, 2.24) is 9.97 Å². The van der Waals surface area contributed by atoms with Crippen molar-refractivity contribution in [2.75, 3.05) is 5.43 Å². The second kappa shape index (κ2) is 6.10. The molecule has 0 saturated carbocycles. The van der Waals surface area contributed by atoms with E-state index in [9.17, 15) is 0 Å². The van der Waals surface area contributed by atoms with Crippen LogP contribution in [-0.4, -0.2) is 9.97 Å². The van der Waals surface area contributed by atoms with Crippen LogP contribution in [0.25, 0.3) is 0 Å². The van der Waals surface area contributed by atoms with E-state index < -0.39 is 0 Å². The molecule has 1 aromatic heterocycles. The minimum atomic E-state index is 0.139. The number of hydrogen-bond acceptors (Lipinski definition) is 5. The summed E-state index contributed by atoms with van der Waals surface area (Å²) in [6.45, 7) is 9.03. The monoisotopic (exact) mass is 286 g/mol. The molecule has 0 aliphatic carbocycles. The van der Waals surface area contributed by atoms with Gasteiger partial charge < -0.3 is 10.2 Å². The summed E-state index contributed by atoms with van der Waals surface area (Å²) in [7, 11) is 0. The number of nitrogen functional groups attached to an aromatic ring is 1. The van der Waals surface area contributed by atoms with E-state index in [1.807, 2.05) is 6.07 Å². The molecular formula is C16H22N4O. The first-order chi connectivity index (χ1) is 9.90. The maximum absolute atomic E-state index is 5.81. The summed E-state index contributed by atoms with van der Waals surface area (Å²) >= 11 is 0. The Morgan fingerprint density at radius 1 is 1.19 bits per heavy atom. The maximum Gasteiger partial charge on any atom is 0.158 e. The van der Waals surface area contributed by atoms with Crippen LogP contribution in [0.4, 0.5) is 5.82 Å². The van der Waals surface area contributed by atoms with Crippen molar-refractivity contribution in [3.8, 4) is 5.75 Å². The van der Waals surface area contributed by atoms with Gasteiger partial charge in [-0.25, -0.2) is 10.8 Å². The molecule has 0 saturated heterocycles. The van der Waals surface area contributed by atoms with Crippen LogP contribution in [0, 0.1) is 6.92 Å². The van der Waals surface area contributed by atoms with Gasteiger partial charge in [0.2, 0.25) is 0 Å². The van der Waals surface area contributed by atoms with Crippen molar-refractivity contribution in [2.45, 2.75) is 39.7 Å². The number of nitrogens with one attached hydrogen (secondary N) is 1. The first-order valence-electron chi connectivity index (χ1n) is 6.91. The minimum absolute atomic E-state index is 0.139. The van der Waals surface area contributed by atoms with Gasteiger partial charge in [-0.2, -0.15) is 0 Å². The highest BCUT2D eigenvalue weighted by molar-refractivity contribution is 5.38. The Morgan fingerprint density at radius 2 is 1.95 bits per heavy atom. The second-order valence-electron chi connectivity index (χ2n) is 6.06. The van der Waals surface area contributed by atoms with Gasteiger partial charge in [0.1, 0.15) is 12.4 Å². The van der Waals surface area contributed by atoms with Gasteiger partial charge >= 0.3 is 0 Å². The molecule has 0 aliphatic heterocycles. The van der Waals surface area contributed by atoms with Gasteiger partial charge in [0.15, 0.2) is 5.82 Å². The fourth-order valence-electron chi connectivity index (χ4n) is 1.93. The van der Waals surface area contributed by atoms with Gasteiger partial charge in [-0.15, -0.1) is 0 Å². The molecule has 2 rings (SSSR count). The van der Waals surface area contributed by atoms with Crippen LogP contribution in [-0.2, 0) is 12.0 Å². The van der Waals surface area contributed by atoms with Crippen molar-refractivity contribution in [3.05, 3.63) is 47.4 Å². The Morgan fingerprint density at radius 3 is 2.48 bits per heavy atom. The lowest BCUT2D eigenvalue weighted by molar-refractivity contribution is 0.298. The van der Waals surface area contributed by atoms with Crippen molar-refractivity contribution in [3.63, 3.8) is 0 Å². The molecule has 0 unspecified atom stereocenters. The molecule has 5 heteroatoms. The number of nitrogens with two attached hydrogens (primary N) is 1. The number of aromatic nitrogens is 2. The smallest absolute Gasteiger partial charge is 0.158 e. The topological polar surface area (TPSA) is 73.1 Å². The van der Waals surface area contributed by atoms with Gasteiger partial charge in [-0.3, -0.25) is 4.98 Å². The van der Waals surface area contributed by atoms with E-state index in [-0.39, 0.29) is 5.41 Å². The molecule has 112 valence electrons. The van der Waals surface area contributed by atoms with Gasteiger partial charge in [0.25, 0.3) is 0 Å². The number of nitrogens with zero attached hydrogens (tertiary/aromatic N) is 2. The summed E-state index contributed by atoms with van der Waals surface area (Å²) in [6.07, 6.45) is 3.22. The Kier molecular flexibility index (Phi) is 4.43. The van der Waals surface area contributed by atoms with Crippen molar-refractivity contribution in [1.29, 1.82) is 0 Å². The van der Waals surface area contributed by atoms with Crippen LogP contribution in [0.3, 0.4) is 0 Å². The van der Waals surface area contributed by atoms with Gasteiger partial charge in [-0.1, -0.05) is 32.9 Å². The normalized spacial score (nSPS) is 11.3. The van der Waals surface area contributed by atoms with E-state index in [4.69, 9.17) is 10.6 Å². The molecule has 1 aromatic carbocycles. The Balaban J connectivity index is 2.06. The summed E-state index contributed by atoms with van der Waals surface area (Å²) in [5, 5.41) is 0. The number of aryl methyl sites for hydroxylation is 1. The quantitative estimate of drug-likeness (QED) is 0.668. The SMILES string of the molecule is Cc1cc(C(C)(C)C)ccc1OCc1cnc(NN)cn1. The van der Waals surface area contributed by atoms with Gasteiger partial charge in [-0.05, 0) is 29.5 Å². The molecule has 0 fully saturated rings. The molecule has 2 aromatic rings. The van der Waals surface area contributed by atoms with Crippen LogP contribution in [0.5, 0.6) is 5.75 Å². The fraction of sp³-hybridized carbons (Fsp3) is 0.375. The zero-order chi connectivity index (χ0) is 15.5. The summed E-state index contributed by atoms with van der Waals surface area (Å²) in [4.78, 5) is 8.32. The molecular weight excluding hydrogens is 264 g/mol. The molecule has 1 heterocycles. The third kappa shape index (κ3) is 3.92. The highest BCUT2D eigenvalue weighted by Crippen LogP contribution is 2.27. The van der Waals surface area contributed by atoms with Crippen LogP contribution in [0.15, 0.2) is 30.6 Å². The van der Waals surface area contributed by atoms with Crippen molar-refractivity contribution in [2.24, 2.45) is 5.84 Å². The molecule has 21 heavy (non-hydrogen) atoms. The van der Waals surface area contributed by atoms with E-state index in [0.29, 0.717) is 12.4 Å². The highest BCUT2D eigenvalue weighted by Gasteiger charge is 2.14. The van der Waals surface area contributed by atoms with Crippen LogP contribution in [0.2, 0.25) is 0 Å². The average molecular weight is 286 g/mol. The second-order valence-corrected chi connectivity index (χ2v) is 6.06. The predicted molar refractivity (Wildman–Crippen MR) is 84.1 cm³/mol. The number of rotatable bonds is 4. The number of ether oxygens (including phenoxy) is 1. The zero-order valence-electron chi connectivity index (χ0n) is 13.0. The lowest BCUT2D eigenvalue weighted by Gasteiger charge is -2.20. The molecule has 3 N–H and O–H groups in total.